The van der Waals surface area contributed by atoms with Gasteiger partial charge in [-0.1, -0.05) is 126 Å². The summed E-state index contributed by atoms with van der Waals surface area (Å²) >= 11 is 0. The molecule has 0 aliphatic carbocycles. The van der Waals surface area contributed by atoms with Crippen molar-refractivity contribution < 1.29 is 62.6 Å². The number of primary amides is 1. The van der Waals surface area contributed by atoms with Crippen LogP contribution in [-0.4, -0.2) is 200 Å². The van der Waals surface area contributed by atoms with Crippen molar-refractivity contribution in [3.05, 3.63) is 156 Å². The number of carbonyl (C=O) groups is 12. The number of phenolic OH excluding ortho intramolecular Hbond substituents is 1. The van der Waals surface area contributed by atoms with E-state index >= 15 is 24.0 Å². The highest BCUT2D eigenvalue weighted by Gasteiger charge is 2.42. The Hall–Kier alpha value is -11.7. The minimum Gasteiger partial charge on any atom is -0.508 e. The maximum atomic E-state index is 15.7. The quantitative estimate of drug-likeness (QED) is 0.00956. The number of aromatic nitrogens is 3. The molecular formula is C73H98N22O13S2. The lowest BCUT2D eigenvalue weighted by Gasteiger charge is -2.35. The van der Waals surface area contributed by atoms with Crippen LogP contribution in [0.5, 0.6) is 5.75 Å². The molecule has 12 amide bonds. The largest absolute Gasteiger partial charge is 0.508 e. The van der Waals surface area contributed by atoms with E-state index in [0.717, 1.165) is 21.6 Å². The molecule has 0 bridgehead atoms. The van der Waals surface area contributed by atoms with E-state index in [4.69, 9.17) is 34.4 Å². The number of rotatable bonds is 30. The average molecular weight is 1560 g/mol. The van der Waals surface area contributed by atoms with Gasteiger partial charge in [0.1, 0.15) is 60.1 Å². The van der Waals surface area contributed by atoms with E-state index in [1.165, 1.54) is 24.7 Å². The number of aliphatic imine (C=N–C) groups is 2. The third kappa shape index (κ3) is 27.5. The molecule has 590 valence electrons. The Morgan fingerprint density at radius 3 is 1.85 bits per heavy atom. The van der Waals surface area contributed by atoms with Crippen LogP contribution in [0.1, 0.15) is 81.3 Å². The summed E-state index contributed by atoms with van der Waals surface area (Å²) in [6.45, 7) is 4.88. The summed E-state index contributed by atoms with van der Waals surface area (Å²) in [5.74, 6) is -12.5. The number of amides is 12. The second-order valence-corrected chi connectivity index (χ2v) is 30.1. The average Bonchev–Trinajstić information content (AvgIpc) is 1.51. The van der Waals surface area contributed by atoms with E-state index in [9.17, 15) is 38.7 Å². The lowest BCUT2D eigenvalue weighted by Crippen LogP contribution is -2.62. The second-order valence-electron chi connectivity index (χ2n) is 27.1. The minimum absolute atomic E-state index is 0.00334. The Bertz CT molecular complexity index is 4200. The maximum Gasteiger partial charge on any atom is 0.244 e. The number of nitrogens with zero attached hydrogens (tertiary/aromatic N) is 3. The highest BCUT2D eigenvalue weighted by atomic mass is 33.1. The fraction of sp³-hybridized carbons (Fsp3) is 0.411. The van der Waals surface area contributed by atoms with Crippen molar-refractivity contribution in [3.63, 3.8) is 0 Å². The molecule has 26 N–H and O–H groups in total. The van der Waals surface area contributed by atoms with Crippen molar-refractivity contribution in [2.24, 2.45) is 50.3 Å². The standard InChI is InChI=1S/C73H98N22O13S2/c1-40(2)59(94-61(99)48(74)29-43-23-25-46(96)26-24-43)69(107)95-60-70(108)85-37-58(98)87-55(33-45-35-80-39-86-45)67(105)91-53(31-42-17-9-6-10-18-42)65(103)88-50(21-13-27-81-71(76)77)64(102)92-54(32-44-34-83-49-20-12-11-19-47(44)49)66(104)93-56(38-109-110-73(60,3)4)68(106)89-51(22-14-28-82-72(78)79)63(101)90-52(62(100)84-36-57(75)97)30-41-15-7-5-8-16-41/h5-12,15-20,23-26,34-35,39-40,48,50-56,59-60,83,96H,13-14,21-22,27-33,36-38,74H2,1-4H3,(H2,75,97)(H,80,86)(H,84,100)(H,85,108)(H,87,98)(H,88,103)(H,89,106)(H,90,101)(H,91,105)(H,92,102)(H,93,104)(H,94,99)(H,95,107)(H4,76,77,81)(H4,78,79,82)/t48-,50-,51-,52-,53+,54-,55-,56-,59-,60-/m0/s1. The van der Waals surface area contributed by atoms with E-state index in [-0.39, 0.29) is 88.5 Å². The van der Waals surface area contributed by atoms with Crippen LogP contribution in [0, 0.1) is 5.92 Å². The van der Waals surface area contributed by atoms with E-state index in [0.29, 0.717) is 38.9 Å². The van der Waals surface area contributed by atoms with Gasteiger partial charge in [-0.15, -0.1) is 0 Å². The molecule has 0 unspecified atom stereocenters. The van der Waals surface area contributed by atoms with Crippen LogP contribution >= 0.6 is 21.6 Å². The number of H-pyrrole nitrogens is 2. The van der Waals surface area contributed by atoms with Crippen molar-refractivity contribution >= 4 is 115 Å². The first kappa shape index (κ1) is 85.5. The van der Waals surface area contributed by atoms with Gasteiger partial charge in [0.25, 0.3) is 0 Å². The molecule has 1 fully saturated rings. The Balaban J connectivity index is 1.34. The van der Waals surface area contributed by atoms with Gasteiger partial charge in [-0.3, -0.25) is 67.5 Å². The number of benzene rings is 4. The maximum absolute atomic E-state index is 15.7. The molecule has 37 heteroatoms. The number of aromatic hydroxyl groups is 1. The van der Waals surface area contributed by atoms with Gasteiger partial charge in [0, 0.05) is 72.6 Å². The number of phenols is 1. The molecule has 1 aliphatic rings. The predicted molar refractivity (Wildman–Crippen MR) is 416 cm³/mol. The molecular weight excluding hydrogens is 1460 g/mol. The van der Waals surface area contributed by atoms with Crippen LogP contribution in [0.4, 0.5) is 0 Å². The Morgan fingerprint density at radius 2 is 1.21 bits per heavy atom. The number of carbonyl (C=O) groups excluding carboxylic acids is 12. The summed E-state index contributed by atoms with van der Waals surface area (Å²) in [5, 5.41) is 40.2. The number of nitrogens with two attached hydrogens (primary N) is 6. The van der Waals surface area contributed by atoms with E-state index in [1.807, 2.05) is 0 Å². The third-order valence-corrected chi connectivity index (χ3v) is 20.9. The van der Waals surface area contributed by atoms with Gasteiger partial charge in [0.2, 0.25) is 70.9 Å². The van der Waals surface area contributed by atoms with Crippen LogP contribution in [0.2, 0.25) is 0 Å². The zero-order valence-electron chi connectivity index (χ0n) is 61.3. The summed E-state index contributed by atoms with van der Waals surface area (Å²) in [4.78, 5) is 193. The smallest absolute Gasteiger partial charge is 0.244 e. The number of hydrogen-bond donors (Lipinski definition) is 20. The first-order valence-electron chi connectivity index (χ1n) is 35.5. The van der Waals surface area contributed by atoms with Gasteiger partial charge in [-0.2, -0.15) is 0 Å². The highest BCUT2D eigenvalue weighted by Crippen LogP contribution is 2.39. The fourth-order valence-electron chi connectivity index (χ4n) is 11.7. The number of para-hydroxylation sites is 1. The Kier molecular flexibility index (Phi) is 32.8. The fourth-order valence-corrected chi connectivity index (χ4v) is 14.5. The van der Waals surface area contributed by atoms with Crippen LogP contribution in [0.25, 0.3) is 10.9 Å². The summed E-state index contributed by atoms with van der Waals surface area (Å²) in [6.07, 6.45) is 3.38. The van der Waals surface area contributed by atoms with Crippen molar-refractivity contribution in [2.45, 2.75) is 151 Å². The molecule has 2 aromatic heterocycles. The number of hydrogen-bond acceptors (Lipinski definition) is 19. The van der Waals surface area contributed by atoms with Gasteiger partial charge in [0.15, 0.2) is 11.9 Å². The van der Waals surface area contributed by atoms with Crippen molar-refractivity contribution in [1.82, 2.24) is 73.4 Å². The summed E-state index contributed by atoms with van der Waals surface area (Å²) in [7, 11) is 1.83. The molecule has 10 atom stereocenters. The molecule has 0 radical (unpaired) electrons. The van der Waals surface area contributed by atoms with Gasteiger partial charge in [-0.05, 0) is 92.3 Å². The van der Waals surface area contributed by atoms with Gasteiger partial charge in [-0.25, -0.2) is 4.98 Å². The van der Waals surface area contributed by atoms with E-state index in [1.54, 1.807) is 131 Å². The van der Waals surface area contributed by atoms with Crippen molar-refractivity contribution in [1.29, 1.82) is 0 Å². The number of imidazole rings is 1. The lowest BCUT2D eigenvalue weighted by molar-refractivity contribution is -0.135. The highest BCUT2D eigenvalue weighted by molar-refractivity contribution is 8.77. The lowest BCUT2D eigenvalue weighted by atomic mass is 9.98. The molecule has 0 saturated carbocycles. The van der Waals surface area contributed by atoms with Gasteiger partial charge < -0.3 is 108 Å². The topological polar surface area (TPSA) is 583 Å². The molecule has 1 saturated heterocycles. The number of nitrogens with one attached hydrogen (secondary N) is 13. The van der Waals surface area contributed by atoms with Crippen LogP contribution in [0.3, 0.4) is 0 Å². The molecule has 1 aliphatic heterocycles. The number of fused-ring (bicyclic) bond motifs is 1. The van der Waals surface area contributed by atoms with Crippen LogP contribution < -0.4 is 92.9 Å². The molecule has 6 aromatic rings. The summed E-state index contributed by atoms with van der Waals surface area (Å²) < 4.78 is -1.53. The first-order valence-corrected chi connectivity index (χ1v) is 37.9. The third-order valence-electron chi connectivity index (χ3n) is 17.6. The molecule has 4 aromatic carbocycles. The zero-order valence-corrected chi connectivity index (χ0v) is 63.0. The molecule has 3 heterocycles. The Morgan fingerprint density at radius 1 is 0.618 bits per heavy atom. The summed E-state index contributed by atoms with van der Waals surface area (Å²) in [5.41, 5.74) is 37.7. The number of guanidine groups is 2. The van der Waals surface area contributed by atoms with Crippen molar-refractivity contribution in [3.8, 4) is 5.75 Å². The van der Waals surface area contributed by atoms with E-state index in [2.05, 4.69) is 83.4 Å². The normalized spacial score (nSPS) is 19.3. The molecule has 35 nitrogen and oxygen atoms in total. The minimum atomic E-state index is -1.71. The zero-order chi connectivity index (χ0) is 80.0. The molecule has 0 spiro atoms. The van der Waals surface area contributed by atoms with Crippen LogP contribution in [-0.2, 0) is 89.6 Å². The van der Waals surface area contributed by atoms with Crippen LogP contribution in [0.15, 0.2) is 138 Å². The SMILES string of the molecule is CC(C)[C@H](NC(=O)[C@@H](N)Cc1ccc(O)cc1)C(=O)N[C@H]1C(=O)NCC(=O)N[C@@H](Cc2c[nH]cn2)C(=O)N[C@H](Cc2ccccc2)C(=O)N[C@@H](CCCN=C(N)N)C(=O)N[C@@H](Cc2c[nH]c3ccccc23)C(=O)N[C@H](C(=O)N[C@@H](CCCN=C(N)N)C(=O)N[C@@H](Cc2ccccc2)C(=O)NCC(N)=O)CSSC1(C)C. The monoisotopic (exact) mass is 1550 g/mol. The summed E-state index contributed by atoms with van der Waals surface area (Å²) in [6, 6.07) is 15.3. The molecule has 7 rings (SSSR count). The van der Waals surface area contributed by atoms with Gasteiger partial charge >= 0.3 is 0 Å². The Labute approximate surface area is 642 Å². The molecule has 110 heavy (non-hydrogen) atoms. The number of aromatic amines is 2. The van der Waals surface area contributed by atoms with E-state index < -0.39 is 161 Å². The van der Waals surface area contributed by atoms with Crippen molar-refractivity contribution in [2.75, 3.05) is 31.9 Å². The predicted octanol–water partition coefficient (Wildman–Crippen LogP) is -2.55. The van der Waals surface area contributed by atoms with Gasteiger partial charge in [0.05, 0.1) is 31.2 Å². The second kappa shape index (κ2) is 42.1. The first-order chi connectivity index (χ1) is 52.4.